The molecule has 0 radical (unpaired) electrons. The molecule has 0 aliphatic carbocycles. The van der Waals surface area contributed by atoms with Crippen LogP contribution in [0.4, 0.5) is 5.69 Å². The van der Waals surface area contributed by atoms with Crippen LogP contribution in [0.2, 0.25) is 0 Å². The van der Waals surface area contributed by atoms with E-state index >= 15 is 0 Å². The standard InChI is InChI=1S/C16H24N2O2/c1-12(2)17-15-7-5-4-6-14(15)16(19)18(3)13-8-10-20-11-9-13/h4-7,12-13,17H,8-11H2,1-3H3. The molecule has 0 spiro atoms. The third kappa shape index (κ3) is 3.51. The molecule has 1 saturated heterocycles. The highest BCUT2D eigenvalue weighted by atomic mass is 16.5. The molecule has 1 heterocycles. The maximum Gasteiger partial charge on any atom is 0.255 e. The lowest BCUT2D eigenvalue weighted by Gasteiger charge is -2.31. The summed E-state index contributed by atoms with van der Waals surface area (Å²) in [6, 6.07) is 8.31. The van der Waals surface area contributed by atoms with Gasteiger partial charge >= 0.3 is 0 Å². The van der Waals surface area contributed by atoms with Crippen LogP contribution in [0.15, 0.2) is 24.3 Å². The number of benzene rings is 1. The van der Waals surface area contributed by atoms with Gasteiger partial charge in [-0.3, -0.25) is 4.79 Å². The fourth-order valence-electron chi connectivity index (χ4n) is 2.53. The van der Waals surface area contributed by atoms with Gasteiger partial charge in [-0.1, -0.05) is 12.1 Å². The monoisotopic (exact) mass is 276 g/mol. The molecule has 20 heavy (non-hydrogen) atoms. The Balaban J connectivity index is 2.15. The van der Waals surface area contributed by atoms with Gasteiger partial charge in [-0.05, 0) is 38.8 Å². The molecule has 0 bridgehead atoms. The molecule has 4 heteroatoms. The average molecular weight is 276 g/mol. The number of ether oxygens (including phenoxy) is 1. The van der Waals surface area contributed by atoms with Gasteiger partial charge in [-0.25, -0.2) is 0 Å². The SMILES string of the molecule is CC(C)Nc1ccccc1C(=O)N(C)C1CCOCC1. The van der Waals surface area contributed by atoms with Crippen molar-refractivity contribution < 1.29 is 9.53 Å². The summed E-state index contributed by atoms with van der Waals surface area (Å²) in [4.78, 5) is 14.6. The van der Waals surface area contributed by atoms with Gasteiger partial charge in [-0.2, -0.15) is 0 Å². The van der Waals surface area contributed by atoms with Gasteiger partial charge in [-0.15, -0.1) is 0 Å². The molecular weight excluding hydrogens is 252 g/mol. The second kappa shape index (κ2) is 6.75. The quantitative estimate of drug-likeness (QED) is 0.919. The van der Waals surface area contributed by atoms with Gasteiger partial charge in [0.15, 0.2) is 0 Å². The van der Waals surface area contributed by atoms with E-state index in [2.05, 4.69) is 19.2 Å². The minimum Gasteiger partial charge on any atom is -0.382 e. The molecule has 1 aliphatic heterocycles. The fourth-order valence-corrected chi connectivity index (χ4v) is 2.53. The first kappa shape index (κ1) is 14.9. The molecular formula is C16H24N2O2. The normalized spacial score (nSPS) is 16.2. The average Bonchev–Trinajstić information content (AvgIpc) is 2.46. The Morgan fingerprint density at radius 3 is 2.60 bits per heavy atom. The summed E-state index contributed by atoms with van der Waals surface area (Å²) >= 11 is 0. The fraction of sp³-hybridized carbons (Fsp3) is 0.562. The maximum absolute atomic E-state index is 12.7. The molecule has 1 aromatic carbocycles. The largest absolute Gasteiger partial charge is 0.382 e. The summed E-state index contributed by atoms with van der Waals surface area (Å²) in [7, 11) is 1.89. The molecule has 1 amide bonds. The molecule has 110 valence electrons. The number of amides is 1. The van der Waals surface area contributed by atoms with Crippen LogP contribution in [-0.4, -0.2) is 43.2 Å². The second-order valence-corrected chi connectivity index (χ2v) is 5.60. The number of hydrogen-bond donors (Lipinski definition) is 1. The number of carbonyl (C=O) groups excluding carboxylic acids is 1. The topological polar surface area (TPSA) is 41.6 Å². The van der Waals surface area contributed by atoms with Crippen LogP contribution in [0.25, 0.3) is 0 Å². The molecule has 0 saturated carbocycles. The summed E-state index contributed by atoms with van der Waals surface area (Å²) < 4.78 is 5.36. The molecule has 0 atom stereocenters. The molecule has 2 rings (SSSR count). The van der Waals surface area contributed by atoms with E-state index in [1.165, 1.54) is 0 Å². The van der Waals surface area contributed by atoms with Gasteiger partial charge in [0.2, 0.25) is 0 Å². The number of nitrogens with one attached hydrogen (secondary N) is 1. The number of anilines is 1. The summed E-state index contributed by atoms with van der Waals surface area (Å²) in [6.45, 7) is 5.63. The van der Waals surface area contributed by atoms with Crippen molar-refractivity contribution in [1.82, 2.24) is 4.90 Å². The van der Waals surface area contributed by atoms with E-state index in [1.54, 1.807) is 0 Å². The zero-order valence-corrected chi connectivity index (χ0v) is 12.6. The van der Waals surface area contributed by atoms with E-state index in [0.29, 0.717) is 6.04 Å². The van der Waals surface area contributed by atoms with Crippen LogP contribution in [-0.2, 0) is 4.74 Å². The predicted molar refractivity (Wildman–Crippen MR) is 81.1 cm³/mol. The van der Waals surface area contributed by atoms with Gasteiger partial charge in [0.05, 0.1) is 5.56 Å². The van der Waals surface area contributed by atoms with Crippen LogP contribution in [0.3, 0.4) is 0 Å². The van der Waals surface area contributed by atoms with E-state index in [0.717, 1.165) is 37.3 Å². The summed E-state index contributed by atoms with van der Waals surface area (Å²) in [6.07, 6.45) is 1.84. The van der Waals surface area contributed by atoms with Crippen LogP contribution < -0.4 is 5.32 Å². The number of carbonyl (C=O) groups is 1. The Hall–Kier alpha value is -1.55. The van der Waals surface area contributed by atoms with Crippen molar-refractivity contribution >= 4 is 11.6 Å². The van der Waals surface area contributed by atoms with Gasteiger partial charge in [0.25, 0.3) is 5.91 Å². The Morgan fingerprint density at radius 1 is 1.30 bits per heavy atom. The molecule has 1 aromatic rings. The van der Waals surface area contributed by atoms with E-state index < -0.39 is 0 Å². The number of rotatable bonds is 4. The number of para-hydroxylation sites is 1. The Morgan fingerprint density at radius 2 is 1.95 bits per heavy atom. The lowest BCUT2D eigenvalue weighted by molar-refractivity contribution is 0.0362. The van der Waals surface area contributed by atoms with Crippen molar-refractivity contribution in [2.45, 2.75) is 38.8 Å². The second-order valence-electron chi connectivity index (χ2n) is 5.60. The van der Waals surface area contributed by atoms with E-state index in [4.69, 9.17) is 4.74 Å². The van der Waals surface area contributed by atoms with Crippen LogP contribution in [0.5, 0.6) is 0 Å². The highest BCUT2D eigenvalue weighted by Crippen LogP contribution is 2.21. The third-order valence-corrected chi connectivity index (χ3v) is 3.66. The van der Waals surface area contributed by atoms with E-state index in [1.807, 2.05) is 36.2 Å². The zero-order valence-electron chi connectivity index (χ0n) is 12.6. The lowest BCUT2D eigenvalue weighted by atomic mass is 10.1. The van der Waals surface area contributed by atoms with E-state index in [9.17, 15) is 4.79 Å². The van der Waals surface area contributed by atoms with Crippen molar-refractivity contribution in [3.63, 3.8) is 0 Å². The minimum absolute atomic E-state index is 0.0839. The Bertz CT molecular complexity index is 454. The molecule has 0 unspecified atom stereocenters. The van der Waals surface area contributed by atoms with Gasteiger partial charge in [0, 0.05) is 38.0 Å². The molecule has 4 nitrogen and oxygen atoms in total. The first-order valence-electron chi connectivity index (χ1n) is 7.30. The first-order chi connectivity index (χ1) is 9.59. The first-order valence-corrected chi connectivity index (χ1v) is 7.30. The number of nitrogens with zero attached hydrogens (tertiary/aromatic N) is 1. The van der Waals surface area contributed by atoms with Crippen molar-refractivity contribution in [3.05, 3.63) is 29.8 Å². The molecule has 1 aliphatic rings. The van der Waals surface area contributed by atoms with E-state index in [-0.39, 0.29) is 11.9 Å². The molecule has 0 aromatic heterocycles. The van der Waals surface area contributed by atoms with Gasteiger partial charge in [0.1, 0.15) is 0 Å². The predicted octanol–water partition coefficient (Wildman–Crippen LogP) is 2.76. The maximum atomic E-state index is 12.7. The Kier molecular flexibility index (Phi) is 5.01. The third-order valence-electron chi connectivity index (χ3n) is 3.66. The smallest absolute Gasteiger partial charge is 0.255 e. The van der Waals surface area contributed by atoms with Crippen LogP contribution in [0, 0.1) is 0 Å². The summed E-state index contributed by atoms with van der Waals surface area (Å²) in [5.74, 6) is 0.0839. The highest BCUT2D eigenvalue weighted by molar-refractivity contribution is 5.99. The highest BCUT2D eigenvalue weighted by Gasteiger charge is 2.24. The lowest BCUT2D eigenvalue weighted by Crippen LogP contribution is -2.40. The van der Waals surface area contributed by atoms with Crippen molar-refractivity contribution in [2.24, 2.45) is 0 Å². The minimum atomic E-state index is 0.0839. The zero-order chi connectivity index (χ0) is 14.5. The molecule has 1 fully saturated rings. The Labute approximate surface area is 121 Å². The summed E-state index contributed by atoms with van der Waals surface area (Å²) in [5.41, 5.74) is 1.65. The van der Waals surface area contributed by atoms with Crippen LogP contribution in [0.1, 0.15) is 37.0 Å². The number of hydrogen-bond acceptors (Lipinski definition) is 3. The van der Waals surface area contributed by atoms with Crippen molar-refractivity contribution in [2.75, 3.05) is 25.6 Å². The molecule has 1 N–H and O–H groups in total. The van der Waals surface area contributed by atoms with Crippen molar-refractivity contribution in [3.8, 4) is 0 Å². The van der Waals surface area contributed by atoms with Crippen LogP contribution >= 0.6 is 0 Å². The van der Waals surface area contributed by atoms with Crippen molar-refractivity contribution in [1.29, 1.82) is 0 Å². The summed E-state index contributed by atoms with van der Waals surface area (Å²) in [5, 5.41) is 3.34. The van der Waals surface area contributed by atoms with Gasteiger partial charge < -0.3 is 15.0 Å².